The van der Waals surface area contributed by atoms with Crippen molar-refractivity contribution in [2.75, 3.05) is 17.2 Å². The van der Waals surface area contributed by atoms with Gasteiger partial charge in [-0.15, -0.1) is 0 Å². The number of carbonyl (C=O) groups is 2. The van der Waals surface area contributed by atoms with E-state index in [1.54, 1.807) is 24.3 Å². The van der Waals surface area contributed by atoms with Crippen LogP contribution in [0.2, 0.25) is 0 Å². The van der Waals surface area contributed by atoms with Gasteiger partial charge in [-0.25, -0.2) is 4.68 Å². The summed E-state index contributed by atoms with van der Waals surface area (Å²) in [6.45, 7) is 6.62. The smallest absolute Gasteiger partial charge is 0.249 e. The average molecular weight is 357 g/mol. The number of nitrogens with zero attached hydrogens (tertiary/aromatic N) is 3. The van der Waals surface area contributed by atoms with Crippen molar-refractivity contribution in [3.63, 3.8) is 0 Å². The molecule has 0 fully saturated rings. The summed E-state index contributed by atoms with van der Waals surface area (Å²) in [5.41, 5.74) is 0.633. The maximum atomic E-state index is 12.7. The molecule has 0 radical (unpaired) electrons. The van der Waals surface area contributed by atoms with Gasteiger partial charge in [-0.05, 0) is 37.1 Å². The fraction of sp³-hybridized carbons (Fsp3) is 0.444. The van der Waals surface area contributed by atoms with Crippen molar-refractivity contribution < 1.29 is 14.3 Å². The summed E-state index contributed by atoms with van der Waals surface area (Å²) in [5.74, 6) is 1.52. The predicted octanol–water partition coefficient (Wildman–Crippen LogP) is 2.40. The molecular weight excluding hydrogens is 334 g/mol. The zero-order valence-electron chi connectivity index (χ0n) is 15.2. The van der Waals surface area contributed by atoms with Gasteiger partial charge in [0.05, 0.1) is 13.0 Å². The van der Waals surface area contributed by atoms with E-state index in [-0.39, 0.29) is 18.2 Å². The van der Waals surface area contributed by atoms with Crippen molar-refractivity contribution >= 4 is 23.5 Å². The largest absolute Gasteiger partial charge is 0.494 e. The van der Waals surface area contributed by atoms with Crippen molar-refractivity contribution in [1.82, 2.24) is 14.8 Å². The third-order valence-electron chi connectivity index (χ3n) is 3.93. The van der Waals surface area contributed by atoms with Crippen molar-refractivity contribution in [3.05, 3.63) is 30.1 Å². The number of ether oxygens (including phenoxy) is 1. The van der Waals surface area contributed by atoms with Gasteiger partial charge in [0, 0.05) is 12.1 Å². The van der Waals surface area contributed by atoms with Gasteiger partial charge in [0.2, 0.25) is 17.8 Å². The summed E-state index contributed by atoms with van der Waals surface area (Å²) in [6, 6.07) is 6.37. The molecule has 1 atom stereocenters. The molecule has 3 rings (SSSR count). The molecule has 2 heterocycles. The maximum absolute atomic E-state index is 12.7. The lowest BCUT2D eigenvalue weighted by atomic mass is 10.1. The molecule has 1 aliphatic rings. The van der Waals surface area contributed by atoms with Crippen LogP contribution in [0, 0.1) is 5.92 Å². The Hall–Kier alpha value is -2.90. The second-order valence-corrected chi connectivity index (χ2v) is 6.61. The van der Waals surface area contributed by atoms with Crippen LogP contribution >= 0.6 is 0 Å². The molecule has 0 saturated heterocycles. The third-order valence-corrected chi connectivity index (χ3v) is 3.93. The number of anilines is 2. The number of hydrogen-bond acceptors (Lipinski definition) is 5. The van der Waals surface area contributed by atoms with E-state index in [4.69, 9.17) is 4.74 Å². The Morgan fingerprint density at radius 2 is 2.12 bits per heavy atom. The highest BCUT2D eigenvalue weighted by Gasteiger charge is 2.33. The minimum atomic E-state index is -0.723. The second-order valence-electron chi connectivity index (χ2n) is 6.61. The molecular formula is C18H23N5O3. The number of carbonyl (C=O) groups excluding carboxylic acids is 2. The summed E-state index contributed by atoms with van der Waals surface area (Å²) >= 11 is 0. The SMILES string of the molecule is CCOc1ccc(NC(=O)[C@@H]2CC(=O)Nc3nc(CC(C)C)nn32)cc1. The molecule has 1 aromatic carbocycles. The summed E-state index contributed by atoms with van der Waals surface area (Å²) in [6.07, 6.45) is 0.712. The molecule has 8 nitrogen and oxygen atoms in total. The first-order valence-electron chi connectivity index (χ1n) is 8.75. The fourth-order valence-corrected chi connectivity index (χ4v) is 2.79. The highest BCUT2D eigenvalue weighted by atomic mass is 16.5. The van der Waals surface area contributed by atoms with E-state index in [0.717, 1.165) is 5.75 Å². The lowest BCUT2D eigenvalue weighted by Crippen LogP contribution is -2.36. The Labute approximate surface area is 151 Å². The van der Waals surface area contributed by atoms with Crippen LogP contribution in [-0.2, 0) is 16.0 Å². The van der Waals surface area contributed by atoms with Gasteiger partial charge in [0.15, 0.2) is 5.82 Å². The molecule has 1 aliphatic heterocycles. The van der Waals surface area contributed by atoms with Crippen LogP contribution in [-0.4, -0.2) is 33.2 Å². The van der Waals surface area contributed by atoms with Gasteiger partial charge < -0.3 is 10.1 Å². The van der Waals surface area contributed by atoms with Gasteiger partial charge in [-0.2, -0.15) is 10.1 Å². The summed E-state index contributed by atoms with van der Waals surface area (Å²) in [7, 11) is 0. The number of rotatable bonds is 6. The van der Waals surface area contributed by atoms with E-state index in [0.29, 0.717) is 36.4 Å². The van der Waals surface area contributed by atoms with Crippen molar-refractivity contribution in [2.24, 2.45) is 5.92 Å². The van der Waals surface area contributed by atoms with Crippen LogP contribution in [0.25, 0.3) is 0 Å². The molecule has 0 saturated carbocycles. The van der Waals surface area contributed by atoms with Crippen LogP contribution < -0.4 is 15.4 Å². The van der Waals surface area contributed by atoms with Gasteiger partial charge >= 0.3 is 0 Å². The van der Waals surface area contributed by atoms with Crippen molar-refractivity contribution in [3.8, 4) is 5.75 Å². The van der Waals surface area contributed by atoms with Crippen LogP contribution in [0.3, 0.4) is 0 Å². The van der Waals surface area contributed by atoms with Crippen molar-refractivity contribution in [1.29, 1.82) is 0 Å². The number of benzene rings is 1. The fourth-order valence-electron chi connectivity index (χ4n) is 2.79. The number of fused-ring (bicyclic) bond motifs is 1. The zero-order valence-corrected chi connectivity index (χ0v) is 15.2. The summed E-state index contributed by atoms with van der Waals surface area (Å²) < 4.78 is 6.89. The van der Waals surface area contributed by atoms with E-state index in [9.17, 15) is 9.59 Å². The first kappa shape index (κ1) is 17.9. The standard InChI is InChI=1S/C18H23N5O3/c1-4-26-13-7-5-12(6-8-13)19-17(25)14-10-16(24)21-18-20-15(9-11(2)3)22-23(14)18/h5-8,11,14H,4,9-10H2,1-3H3,(H,19,25)(H,20,21,22,24)/t14-/m0/s1. The minimum absolute atomic E-state index is 0.0281. The predicted molar refractivity (Wildman–Crippen MR) is 97.1 cm³/mol. The lowest BCUT2D eigenvalue weighted by Gasteiger charge is -2.22. The summed E-state index contributed by atoms with van der Waals surface area (Å²) in [5, 5.41) is 9.92. The summed E-state index contributed by atoms with van der Waals surface area (Å²) in [4.78, 5) is 29.0. The molecule has 0 spiro atoms. The molecule has 138 valence electrons. The van der Waals surface area contributed by atoms with Gasteiger partial charge in [0.25, 0.3) is 0 Å². The molecule has 0 aliphatic carbocycles. The molecule has 0 unspecified atom stereocenters. The van der Waals surface area contributed by atoms with Crippen molar-refractivity contribution in [2.45, 2.75) is 39.7 Å². The molecule has 2 N–H and O–H groups in total. The third kappa shape index (κ3) is 4.01. The zero-order chi connectivity index (χ0) is 18.7. The molecule has 8 heteroatoms. The quantitative estimate of drug-likeness (QED) is 0.827. The van der Waals surface area contributed by atoms with Gasteiger partial charge in [-0.1, -0.05) is 13.8 Å². The van der Waals surface area contributed by atoms with E-state index >= 15 is 0 Å². The number of hydrogen-bond donors (Lipinski definition) is 2. The number of amides is 2. The molecule has 0 bridgehead atoms. The molecule has 2 aromatic rings. The Balaban J connectivity index is 1.77. The first-order chi connectivity index (χ1) is 12.5. The van der Waals surface area contributed by atoms with Crippen LogP contribution in [0.1, 0.15) is 39.1 Å². The van der Waals surface area contributed by atoms with Gasteiger partial charge in [-0.3, -0.25) is 14.9 Å². The molecule has 1 aromatic heterocycles. The number of nitrogens with one attached hydrogen (secondary N) is 2. The molecule has 26 heavy (non-hydrogen) atoms. The van der Waals surface area contributed by atoms with E-state index in [1.165, 1.54) is 4.68 Å². The van der Waals surface area contributed by atoms with Crippen LogP contribution in [0.15, 0.2) is 24.3 Å². The first-order valence-corrected chi connectivity index (χ1v) is 8.75. The van der Waals surface area contributed by atoms with E-state index in [2.05, 4.69) is 34.6 Å². The highest BCUT2D eigenvalue weighted by molar-refractivity contribution is 6.00. The Morgan fingerprint density at radius 3 is 2.77 bits per heavy atom. The maximum Gasteiger partial charge on any atom is 0.249 e. The normalized spacial score (nSPS) is 16.2. The Bertz CT molecular complexity index is 798. The Kier molecular flexibility index (Phi) is 5.20. The topological polar surface area (TPSA) is 98.1 Å². The average Bonchev–Trinajstić information content (AvgIpc) is 2.97. The van der Waals surface area contributed by atoms with E-state index < -0.39 is 6.04 Å². The van der Waals surface area contributed by atoms with Crippen LogP contribution in [0.5, 0.6) is 5.75 Å². The Morgan fingerprint density at radius 1 is 1.38 bits per heavy atom. The minimum Gasteiger partial charge on any atom is -0.494 e. The second kappa shape index (κ2) is 7.55. The monoisotopic (exact) mass is 357 g/mol. The highest BCUT2D eigenvalue weighted by Crippen LogP contribution is 2.25. The van der Waals surface area contributed by atoms with Crippen LogP contribution in [0.4, 0.5) is 11.6 Å². The molecule has 2 amide bonds. The lowest BCUT2D eigenvalue weighted by molar-refractivity contribution is -0.125. The number of aromatic nitrogens is 3. The van der Waals surface area contributed by atoms with Gasteiger partial charge in [0.1, 0.15) is 11.8 Å². The van der Waals surface area contributed by atoms with E-state index in [1.807, 2.05) is 6.92 Å².